The molecular formula is C23H31NO3. The van der Waals surface area contributed by atoms with Gasteiger partial charge in [0, 0.05) is 31.8 Å². The average Bonchev–Trinajstić information content (AvgIpc) is 2.88. The van der Waals surface area contributed by atoms with E-state index in [1.165, 1.54) is 0 Å². The fourth-order valence-corrected chi connectivity index (χ4v) is 5.05. The fourth-order valence-electron chi connectivity index (χ4n) is 5.05. The lowest BCUT2D eigenvalue weighted by Crippen LogP contribution is -2.38. The molecule has 2 fully saturated rings. The molecule has 0 aromatic heterocycles. The van der Waals surface area contributed by atoms with Crippen molar-refractivity contribution in [2.45, 2.75) is 65.7 Å². The molecule has 1 aliphatic heterocycles. The molecule has 2 atom stereocenters. The first-order valence-electron chi connectivity index (χ1n) is 10.2. The molecule has 1 aliphatic carbocycles. The van der Waals surface area contributed by atoms with Crippen molar-refractivity contribution in [3.05, 3.63) is 34.4 Å². The number of ketones is 2. The first-order chi connectivity index (χ1) is 12.8. The van der Waals surface area contributed by atoms with Crippen LogP contribution in [0.25, 0.3) is 0 Å². The van der Waals surface area contributed by atoms with Gasteiger partial charge in [-0.05, 0) is 62.6 Å². The van der Waals surface area contributed by atoms with Crippen molar-refractivity contribution in [3.63, 3.8) is 0 Å². The molecule has 4 nitrogen and oxygen atoms in total. The number of hydrogen-bond acceptors (Lipinski definition) is 3. The molecule has 1 aromatic rings. The van der Waals surface area contributed by atoms with E-state index in [-0.39, 0.29) is 23.4 Å². The topological polar surface area (TPSA) is 54.5 Å². The number of aryl methyl sites for hydroxylation is 3. The summed E-state index contributed by atoms with van der Waals surface area (Å²) in [5.74, 6) is 0.122. The normalized spacial score (nSPS) is 23.9. The molecule has 2 aliphatic rings. The highest BCUT2D eigenvalue weighted by Crippen LogP contribution is 2.39. The van der Waals surface area contributed by atoms with Gasteiger partial charge in [-0.25, -0.2) is 0 Å². The van der Waals surface area contributed by atoms with Gasteiger partial charge in [0.1, 0.15) is 11.7 Å². The number of carbonyl (C=O) groups excluding carboxylic acids is 3. The third-order valence-corrected chi connectivity index (χ3v) is 6.37. The van der Waals surface area contributed by atoms with Gasteiger partial charge in [0.15, 0.2) is 5.78 Å². The molecule has 27 heavy (non-hydrogen) atoms. The van der Waals surface area contributed by atoms with Crippen molar-refractivity contribution in [2.24, 2.45) is 11.8 Å². The third kappa shape index (κ3) is 3.99. The monoisotopic (exact) mass is 369 g/mol. The maximum atomic E-state index is 13.1. The number of nitrogens with zero attached hydrogens (tertiary/aromatic N) is 1. The summed E-state index contributed by atoms with van der Waals surface area (Å²) in [6.07, 6.45) is 3.61. The number of hydrogen-bond donors (Lipinski definition) is 0. The molecule has 1 saturated heterocycles. The molecule has 3 rings (SSSR count). The zero-order valence-corrected chi connectivity index (χ0v) is 17.0. The van der Waals surface area contributed by atoms with E-state index in [4.69, 9.17) is 0 Å². The summed E-state index contributed by atoms with van der Waals surface area (Å²) in [5, 5.41) is 0. The van der Waals surface area contributed by atoms with E-state index < -0.39 is 5.92 Å². The summed E-state index contributed by atoms with van der Waals surface area (Å²) in [6, 6.07) is 4.13. The molecular weight excluding hydrogens is 338 g/mol. The molecule has 1 saturated carbocycles. The molecule has 0 radical (unpaired) electrons. The van der Waals surface area contributed by atoms with E-state index in [0.29, 0.717) is 18.8 Å². The summed E-state index contributed by atoms with van der Waals surface area (Å²) < 4.78 is 0. The molecule has 1 amide bonds. The van der Waals surface area contributed by atoms with Crippen molar-refractivity contribution in [1.82, 2.24) is 4.90 Å². The van der Waals surface area contributed by atoms with Crippen molar-refractivity contribution in [1.29, 1.82) is 0 Å². The van der Waals surface area contributed by atoms with Gasteiger partial charge < -0.3 is 4.90 Å². The van der Waals surface area contributed by atoms with Crippen LogP contribution in [0.3, 0.4) is 0 Å². The van der Waals surface area contributed by atoms with Crippen LogP contribution in [-0.4, -0.2) is 35.5 Å². The predicted molar refractivity (Wildman–Crippen MR) is 106 cm³/mol. The lowest BCUT2D eigenvalue weighted by molar-refractivity contribution is -0.132. The average molecular weight is 370 g/mol. The fraction of sp³-hybridized carbons (Fsp3) is 0.609. The van der Waals surface area contributed by atoms with Crippen molar-refractivity contribution < 1.29 is 14.4 Å². The Balaban J connectivity index is 1.68. The molecule has 0 bridgehead atoms. The highest BCUT2D eigenvalue weighted by molar-refractivity contribution is 6.15. The molecule has 0 N–H and O–H groups in total. The summed E-state index contributed by atoms with van der Waals surface area (Å²) in [4.78, 5) is 39.6. The lowest BCUT2D eigenvalue weighted by Gasteiger charge is -2.32. The first kappa shape index (κ1) is 19.8. The highest BCUT2D eigenvalue weighted by Gasteiger charge is 2.44. The highest BCUT2D eigenvalue weighted by atomic mass is 16.2. The number of amides is 1. The summed E-state index contributed by atoms with van der Waals surface area (Å²) >= 11 is 0. The number of piperidine rings is 1. The van der Waals surface area contributed by atoms with E-state index in [1.54, 1.807) is 0 Å². The summed E-state index contributed by atoms with van der Waals surface area (Å²) in [6.45, 7) is 9.51. The SMILES string of the molecule is CCC(=O)N1CCC(CC2CC(=O)C(c3c(C)cc(C)cc3C)C2=O)CC1. The van der Waals surface area contributed by atoms with Crippen LogP contribution in [0.2, 0.25) is 0 Å². The Labute approximate surface area is 162 Å². The van der Waals surface area contributed by atoms with Crippen LogP contribution in [0.4, 0.5) is 0 Å². The van der Waals surface area contributed by atoms with E-state index in [0.717, 1.165) is 54.6 Å². The Morgan fingerprint density at radius 3 is 2.22 bits per heavy atom. The van der Waals surface area contributed by atoms with Gasteiger partial charge in [-0.15, -0.1) is 0 Å². The molecule has 1 aromatic carbocycles. The van der Waals surface area contributed by atoms with Gasteiger partial charge in [-0.1, -0.05) is 24.6 Å². The smallest absolute Gasteiger partial charge is 0.222 e. The zero-order valence-electron chi connectivity index (χ0n) is 17.0. The van der Waals surface area contributed by atoms with Crippen molar-refractivity contribution >= 4 is 17.5 Å². The van der Waals surface area contributed by atoms with Crippen LogP contribution in [0.5, 0.6) is 0 Å². The summed E-state index contributed by atoms with van der Waals surface area (Å²) in [7, 11) is 0. The second kappa shape index (κ2) is 7.95. The maximum absolute atomic E-state index is 13.1. The number of likely N-dealkylation sites (tertiary alicyclic amines) is 1. The zero-order chi connectivity index (χ0) is 19.7. The number of benzene rings is 1. The number of carbonyl (C=O) groups is 3. The van der Waals surface area contributed by atoms with E-state index in [2.05, 4.69) is 12.1 Å². The van der Waals surface area contributed by atoms with Crippen LogP contribution in [0.1, 0.15) is 67.2 Å². The van der Waals surface area contributed by atoms with Gasteiger partial charge >= 0.3 is 0 Å². The minimum absolute atomic E-state index is 0.0821. The van der Waals surface area contributed by atoms with E-state index in [9.17, 15) is 14.4 Å². The minimum atomic E-state index is -0.572. The summed E-state index contributed by atoms with van der Waals surface area (Å²) in [5.41, 5.74) is 4.19. The predicted octanol–water partition coefficient (Wildman–Crippen LogP) is 3.89. The molecule has 146 valence electrons. The minimum Gasteiger partial charge on any atom is -0.343 e. The van der Waals surface area contributed by atoms with Crippen LogP contribution < -0.4 is 0 Å². The largest absolute Gasteiger partial charge is 0.343 e. The van der Waals surface area contributed by atoms with Crippen LogP contribution in [0.15, 0.2) is 12.1 Å². The van der Waals surface area contributed by atoms with Gasteiger partial charge in [-0.2, -0.15) is 0 Å². The maximum Gasteiger partial charge on any atom is 0.222 e. The quantitative estimate of drug-likeness (QED) is 0.757. The van der Waals surface area contributed by atoms with Gasteiger partial charge in [0.2, 0.25) is 5.91 Å². The van der Waals surface area contributed by atoms with Crippen LogP contribution in [-0.2, 0) is 14.4 Å². The van der Waals surface area contributed by atoms with Gasteiger partial charge in [-0.3, -0.25) is 14.4 Å². The Kier molecular flexibility index (Phi) is 5.83. The van der Waals surface area contributed by atoms with E-state index >= 15 is 0 Å². The van der Waals surface area contributed by atoms with E-state index in [1.807, 2.05) is 32.6 Å². The second-order valence-corrected chi connectivity index (χ2v) is 8.43. The van der Waals surface area contributed by atoms with Crippen LogP contribution in [0, 0.1) is 32.6 Å². The standard InChI is InChI=1S/C23H31NO3/c1-5-20(26)24-8-6-17(7-9-24)12-18-13-19(25)22(23(18)27)21-15(3)10-14(2)11-16(21)4/h10-11,17-18,22H,5-9,12-13H2,1-4H3. The van der Waals surface area contributed by atoms with Gasteiger partial charge in [0.25, 0.3) is 0 Å². The first-order valence-corrected chi connectivity index (χ1v) is 10.2. The number of rotatable bonds is 4. The van der Waals surface area contributed by atoms with Crippen molar-refractivity contribution in [3.8, 4) is 0 Å². The molecule has 2 unspecified atom stereocenters. The molecule has 1 heterocycles. The Morgan fingerprint density at radius 1 is 1.07 bits per heavy atom. The van der Waals surface area contributed by atoms with Crippen LogP contribution >= 0.6 is 0 Å². The Hall–Kier alpha value is -1.97. The van der Waals surface area contributed by atoms with Gasteiger partial charge in [0.05, 0.1) is 0 Å². The Morgan fingerprint density at radius 2 is 1.67 bits per heavy atom. The van der Waals surface area contributed by atoms with Crippen molar-refractivity contribution in [2.75, 3.05) is 13.1 Å². The lowest BCUT2D eigenvalue weighted by atomic mass is 9.83. The number of Topliss-reactive ketones (excluding diaryl/α,β-unsaturated/α-hetero) is 2. The Bertz CT molecular complexity index is 736. The second-order valence-electron chi connectivity index (χ2n) is 8.43. The third-order valence-electron chi connectivity index (χ3n) is 6.37. The molecule has 4 heteroatoms. The molecule has 0 spiro atoms.